The number of piperidine rings is 1. The predicted octanol–water partition coefficient (Wildman–Crippen LogP) is 13.1. The molecular weight excluding hydrogens is 1620 g/mol. The van der Waals surface area contributed by atoms with Crippen molar-refractivity contribution in [2.45, 2.75) is 89.4 Å². The van der Waals surface area contributed by atoms with Crippen LogP contribution in [0.5, 0.6) is 0 Å². The number of halogens is 4. The average Bonchev–Trinajstić information content (AvgIpc) is 3.19. The third-order valence-electron chi connectivity index (χ3n) is 7.22. The molecule has 63 heavy (non-hydrogen) atoms. The van der Waals surface area contributed by atoms with E-state index in [9.17, 15) is 10.5 Å². The van der Waals surface area contributed by atoms with Crippen LogP contribution in [0, 0.1) is 64.5 Å². The summed E-state index contributed by atoms with van der Waals surface area (Å²) in [7, 11) is 6.25. The fourth-order valence-corrected chi connectivity index (χ4v) is 5.84. The molecule has 0 atom stereocenters. The van der Waals surface area contributed by atoms with Crippen molar-refractivity contribution in [3.63, 3.8) is 0 Å². The molecule has 2 aliphatic heterocycles. The maximum Gasteiger partial charge on any atom is 0.116 e. The van der Waals surface area contributed by atoms with E-state index < -0.39 is 5.41 Å². The number of nitrogens with two attached hydrogens (primary N) is 1. The van der Waals surface area contributed by atoms with Gasteiger partial charge in [-0.2, -0.15) is 23.6 Å². The molecule has 0 spiro atoms. The largest absolute Gasteiger partial charge is 0.693 e. The molecule has 3 fully saturated rings. The van der Waals surface area contributed by atoms with Gasteiger partial charge in [0.1, 0.15) is 6.29 Å². The topological polar surface area (TPSA) is 179 Å². The quantitative estimate of drug-likeness (QED) is 0.176. The van der Waals surface area contributed by atoms with Gasteiger partial charge < -0.3 is 91.8 Å². The molecule has 0 amide bonds. The molecule has 5 rings (SSSR count). The summed E-state index contributed by atoms with van der Waals surface area (Å²) in [4.78, 5) is 8.81. The maximum absolute atomic E-state index is 9.44. The van der Waals surface area contributed by atoms with E-state index in [0.717, 1.165) is 113 Å². The zero-order chi connectivity index (χ0) is 42.8. The summed E-state index contributed by atoms with van der Waals surface area (Å²) < 4.78 is 11.6. The number of aldehydes is 1. The van der Waals surface area contributed by atoms with Gasteiger partial charge in [-0.25, -0.2) is 4.42 Å². The fourth-order valence-electron chi connectivity index (χ4n) is 5.04. The number of carbonyl (C=O) groups excluding carboxylic acids is 1. The molecular formula is C43H70Cl4N7O3W3Y3-9. The number of benzene rings is 2. The molecule has 2 heterocycles. The van der Waals surface area contributed by atoms with Gasteiger partial charge in [0.05, 0.1) is 49.4 Å². The Labute approximate surface area is 525 Å². The minimum absolute atomic E-state index is 0. The smallest absolute Gasteiger partial charge is 0.116 e. The third-order valence-corrected chi connectivity index (χ3v) is 8.22. The molecule has 5 N–H and O–H groups in total. The van der Waals surface area contributed by atoms with Gasteiger partial charge in [-0.1, -0.05) is 92.7 Å². The second kappa shape index (κ2) is 71.9. The molecule has 0 bridgehead atoms. The number of nitrogens with one attached hydrogen (secondary N) is 3. The van der Waals surface area contributed by atoms with Gasteiger partial charge in [0.25, 0.3) is 0 Å². The first-order chi connectivity index (χ1) is 26.4. The van der Waals surface area contributed by atoms with Crippen LogP contribution in [0.2, 0.25) is 10.0 Å². The van der Waals surface area contributed by atoms with E-state index in [2.05, 4.69) is 59.2 Å². The predicted molar refractivity (Wildman–Crippen MR) is 247 cm³/mol. The Morgan fingerprint density at radius 2 is 0.952 bits per heavy atom. The number of hydrogen-bond acceptors (Lipinski definition) is 7. The average molecular weight is 1690 g/mol. The zero-order valence-electron chi connectivity index (χ0n) is 37.6. The van der Waals surface area contributed by atoms with Crippen molar-refractivity contribution in [2.75, 3.05) is 52.6 Å². The Bertz CT molecular complexity index is 1230. The second-order valence-electron chi connectivity index (χ2n) is 11.4. The molecule has 0 aromatic heterocycles. The summed E-state index contributed by atoms with van der Waals surface area (Å²) in [5.74, 6) is 0. The van der Waals surface area contributed by atoms with Gasteiger partial charge in [-0.15, -0.1) is 12.4 Å². The normalized spacial score (nSPS) is 13.7. The van der Waals surface area contributed by atoms with Crippen molar-refractivity contribution in [2.24, 2.45) is 0 Å². The van der Waals surface area contributed by atoms with Crippen molar-refractivity contribution in [3.05, 3.63) is 129 Å². The van der Waals surface area contributed by atoms with Gasteiger partial charge in [-0.05, 0) is 67.6 Å². The van der Waals surface area contributed by atoms with E-state index in [4.69, 9.17) is 60.7 Å². The maximum atomic E-state index is 9.44. The summed E-state index contributed by atoms with van der Waals surface area (Å²) in [6.07, 6.45) is 9.14. The molecule has 3 aliphatic rings. The van der Waals surface area contributed by atoms with Gasteiger partial charge >= 0.3 is 0 Å². The summed E-state index contributed by atoms with van der Waals surface area (Å²) in [6.45, 7) is 24.1. The molecule has 10 nitrogen and oxygen atoms in total. The first-order valence-electron chi connectivity index (χ1n) is 18.5. The Hall–Kier alpha value is 3.35. The molecule has 3 radical (unpaired) electrons. The number of ether oxygens (including phenoxy) is 2. The van der Waals surface area contributed by atoms with E-state index in [1.807, 2.05) is 48.5 Å². The molecule has 0 unspecified atom stereocenters. The van der Waals surface area contributed by atoms with E-state index in [1.54, 1.807) is 18.3 Å². The van der Waals surface area contributed by atoms with E-state index >= 15 is 0 Å². The van der Waals surface area contributed by atoms with Crippen molar-refractivity contribution in [3.8, 4) is 12.1 Å². The summed E-state index contributed by atoms with van der Waals surface area (Å²) >= 11 is 18.3. The van der Waals surface area contributed by atoms with Gasteiger partial charge in [0.15, 0.2) is 0 Å². The molecule has 1 aliphatic carbocycles. The summed E-state index contributed by atoms with van der Waals surface area (Å²) in [6, 6.07) is 20.3. The van der Waals surface area contributed by atoms with Gasteiger partial charge in [0, 0.05) is 184 Å². The summed E-state index contributed by atoms with van der Waals surface area (Å²) in [5.41, 5.74) is 13.6. The van der Waals surface area contributed by atoms with Crippen molar-refractivity contribution in [1.29, 1.82) is 10.5 Å². The van der Waals surface area contributed by atoms with Gasteiger partial charge in [0.2, 0.25) is 0 Å². The minimum atomic E-state index is -0.469. The van der Waals surface area contributed by atoms with E-state index in [1.165, 1.54) is 13.3 Å². The monoisotopic (exact) mass is 1690 g/mol. The van der Waals surface area contributed by atoms with Crippen molar-refractivity contribution >= 4 is 53.7 Å². The molecule has 1 saturated carbocycles. The molecule has 2 aromatic rings. The Morgan fingerprint density at radius 1 is 0.714 bits per heavy atom. The van der Waals surface area contributed by atoms with Crippen LogP contribution in [0.1, 0.15) is 89.7 Å². The van der Waals surface area contributed by atoms with Crippen LogP contribution in [0.4, 0.5) is 0 Å². The van der Waals surface area contributed by atoms with Crippen LogP contribution in [-0.4, -0.2) is 63.3 Å². The second-order valence-corrected chi connectivity index (χ2v) is 12.7. The van der Waals surface area contributed by atoms with Crippen LogP contribution in [0.3, 0.4) is 0 Å². The van der Waals surface area contributed by atoms with Crippen LogP contribution in [0.15, 0.2) is 48.5 Å². The number of nitriles is 2. The van der Waals surface area contributed by atoms with Crippen LogP contribution in [0.25, 0.3) is 17.6 Å². The zero-order valence-corrected chi connectivity index (χ0v) is 58.0. The van der Waals surface area contributed by atoms with Crippen LogP contribution in [-0.2, 0) is 186 Å². The van der Waals surface area contributed by atoms with Crippen LogP contribution < -0.4 is 5.32 Å². The molecule has 2 aromatic carbocycles. The fraction of sp³-hybridized carbons (Fsp3) is 0.512. The van der Waals surface area contributed by atoms with E-state index in [-0.39, 0.29) is 185 Å². The number of rotatable bonds is 2. The van der Waals surface area contributed by atoms with Crippen LogP contribution >= 0.6 is 47.4 Å². The standard InChI is InChI=1S/C13H14ClN.C12H12Cl2N2.C4H8O2.2C3H6.C2H5N.2C2H6N.C2H4O.ClH.H2N.3W.3Y/c14-12-7-3-2-6-11(12)13(10-15)8-4-1-5-9-13;13-11-4-2-1-3-10(11)12(9-15)5-7-16(14)8-6-12;1-2-6-4-3-5-1;3*1-3-2;3*1-2-3;;;;;;;;/h2-3,6-7H,1,4-5,8-9H2;1-4H,5-8H2;1-4H2;2*1-3H2;3H,1-2H2;2*3H,2H2,1H3;2H,1H3;1H;1H2;;;;;;/q;;;3*-2;2*-1;;;-1;;;;;;. The third kappa shape index (κ3) is 51.5. The van der Waals surface area contributed by atoms with E-state index in [0.29, 0.717) is 18.1 Å². The van der Waals surface area contributed by atoms with Crippen molar-refractivity contribution < 1.29 is 176 Å². The number of hydrogen-bond donors (Lipinski definition) is 1. The molecule has 359 valence electrons. The Morgan fingerprint density at radius 3 is 1.17 bits per heavy atom. The first kappa shape index (κ1) is 95.9. The number of nitrogens with zero attached hydrogens (tertiary/aromatic N) is 3. The Kier molecular flexibility index (Phi) is 109. The molecule has 2 saturated heterocycles. The minimum Gasteiger partial charge on any atom is -0.693 e. The van der Waals surface area contributed by atoms with Crippen molar-refractivity contribution in [1.82, 2.24) is 9.74 Å². The number of carbonyl (C=O) groups is 1. The SMILES string of the molecule is C1COCCO1.CC=O.CC[NH-].CC[NH-].Cl.N#CC1(c2ccccc2Cl)CCCCC1.N#CC1(c2ccccc2Cl)CCN(Cl)CC1.[CH2-]C[CH2-].[CH2-]C[CH2-].[CH2-]N[CH2-].[NH2-].[W].[W].[W].[Y].[Y].[Y]. The molecule has 20 heteroatoms. The Balaban J connectivity index is -0.0000000510. The first-order valence-corrected chi connectivity index (χ1v) is 19.6. The van der Waals surface area contributed by atoms with Gasteiger partial charge in [-0.3, -0.25) is 0 Å². The summed E-state index contributed by atoms with van der Waals surface area (Å²) in [5, 5.41) is 22.5.